The predicted octanol–water partition coefficient (Wildman–Crippen LogP) is 3.06. The topological polar surface area (TPSA) is 42.2 Å². The lowest BCUT2D eigenvalue weighted by atomic mass is 9.70. The fourth-order valence-corrected chi connectivity index (χ4v) is 3.31. The van der Waals surface area contributed by atoms with Crippen molar-refractivity contribution in [3.05, 3.63) is 30.1 Å². The quantitative estimate of drug-likeness (QED) is 0.898. The van der Waals surface area contributed by atoms with Gasteiger partial charge in [-0.15, -0.1) is 0 Å². The third kappa shape index (κ3) is 4.29. The zero-order valence-electron chi connectivity index (χ0n) is 13.2. The Kier molecular flexibility index (Phi) is 5.17. The summed E-state index contributed by atoms with van der Waals surface area (Å²) in [5.41, 5.74) is 7.95. The van der Waals surface area contributed by atoms with Gasteiger partial charge in [0, 0.05) is 25.3 Å². The molecule has 0 spiro atoms. The van der Waals surface area contributed by atoms with Crippen LogP contribution in [0.15, 0.2) is 24.4 Å². The number of rotatable bonds is 5. The molecule has 0 radical (unpaired) electrons. The van der Waals surface area contributed by atoms with Crippen molar-refractivity contribution in [2.45, 2.75) is 52.6 Å². The number of nitrogens with two attached hydrogens (primary N) is 1. The molecule has 2 atom stereocenters. The second-order valence-corrected chi connectivity index (χ2v) is 6.98. The molecule has 1 aromatic rings. The lowest BCUT2D eigenvalue weighted by Crippen LogP contribution is -2.45. The SMILES string of the molecule is CCN(Cc1ccccn1)CC1CC(C)(C)CCC1N. The van der Waals surface area contributed by atoms with Crippen molar-refractivity contribution in [3.63, 3.8) is 0 Å². The molecule has 2 rings (SSSR count). The van der Waals surface area contributed by atoms with Gasteiger partial charge in [-0.2, -0.15) is 0 Å². The first-order valence-electron chi connectivity index (χ1n) is 7.88. The van der Waals surface area contributed by atoms with Crippen LogP contribution in [0.5, 0.6) is 0 Å². The minimum Gasteiger partial charge on any atom is -0.327 e. The molecule has 1 heterocycles. The van der Waals surface area contributed by atoms with E-state index in [1.54, 1.807) is 0 Å². The van der Waals surface area contributed by atoms with Crippen LogP contribution in [0.2, 0.25) is 0 Å². The second-order valence-electron chi connectivity index (χ2n) is 6.98. The van der Waals surface area contributed by atoms with E-state index in [1.807, 2.05) is 12.3 Å². The van der Waals surface area contributed by atoms with Crippen LogP contribution in [0.4, 0.5) is 0 Å². The lowest BCUT2D eigenvalue weighted by Gasteiger charge is -2.41. The van der Waals surface area contributed by atoms with E-state index in [1.165, 1.54) is 19.3 Å². The molecule has 0 saturated heterocycles. The zero-order chi connectivity index (χ0) is 14.6. The number of aromatic nitrogens is 1. The molecule has 20 heavy (non-hydrogen) atoms. The van der Waals surface area contributed by atoms with Crippen molar-refractivity contribution in [3.8, 4) is 0 Å². The highest BCUT2D eigenvalue weighted by molar-refractivity contribution is 5.03. The Bertz CT molecular complexity index is 402. The Morgan fingerprint density at radius 3 is 2.85 bits per heavy atom. The molecule has 0 bridgehead atoms. The summed E-state index contributed by atoms with van der Waals surface area (Å²) >= 11 is 0. The summed E-state index contributed by atoms with van der Waals surface area (Å²) in [6.45, 7) is 10.1. The maximum atomic E-state index is 6.35. The monoisotopic (exact) mass is 275 g/mol. The Balaban J connectivity index is 1.95. The van der Waals surface area contributed by atoms with Crippen LogP contribution in [-0.2, 0) is 6.54 Å². The van der Waals surface area contributed by atoms with E-state index >= 15 is 0 Å². The van der Waals surface area contributed by atoms with Gasteiger partial charge in [-0.1, -0.05) is 26.8 Å². The molecule has 1 aliphatic rings. The third-order valence-electron chi connectivity index (χ3n) is 4.63. The molecule has 3 heteroatoms. The van der Waals surface area contributed by atoms with E-state index < -0.39 is 0 Å². The van der Waals surface area contributed by atoms with Crippen LogP contribution in [0.1, 0.15) is 45.7 Å². The van der Waals surface area contributed by atoms with Gasteiger partial charge in [-0.25, -0.2) is 0 Å². The average Bonchev–Trinajstić information content (AvgIpc) is 2.43. The number of hydrogen-bond acceptors (Lipinski definition) is 3. The van der Waals surface area contributed by atoms with Crippen LogP contribution in [0, 0.1) is 11.3 Å². The first-order valence-corrected chi connectivity index (χ1v) is 7.88. The maximum absolute atomic E-state index is 6.35. The molecule has 1 fully saturated rings. The standard InChI is InChI=1S/C17H29N3/c1-4-20(13-15-7-5-6-10-19-15)12-14-11-17(2,3)9-8-16(14)18/h5-7,10,14,16H,4,8-9,11-13,18H2,1-3H3. The third-order valence-corrected chi connectivity index (χ3v) is 4.63. The van der Waals surface area contributed by atoms with E-state index in [0.717, 1.165) is 25.3 Å². The molecule has 0 aliphatic heterocycles. The van der Waals surface area contributed by atoms with Gasteiger partial charge in [0.15, 0.2) is 0 Å². The predicted molar refractivity (Wildman–Crippen MR) is 84.3 cm³/mol. The van der Waals surface area contributed by atoms with Crippen LogP contribution < -0.4 is 5.73 Å². The number of hydrogen-bond donors (Lipinski definition) is 1. The molecule has 0 aromatic carbocycles. The first-order chi connectivity index (χ1) is 9.50. The molecule has 1 aliphatic carbocycles. The van der Waals surface area contributed by atoms with Gasteiger partial charge in [0.2, 0.25) is 0 Å². The van der Waals surface area contributed by atoms with Gasteiger partial charge in [-0.05, 0) is 49.3 Å². The molecule has 112 valence electrons. The van der Waals surface area contributed by atoms with E-state index in [9.17, 15) is 0 Å². The van der Waals surface area contributed by atoms with Gasteiger partial charge in [0.05, 0.1) is 5.69 Å². The summed E-state index contributed by atoms with van der Waals surface area (Å²) in [6, 6.07) is 6.50. The maximum Gasteiger partial charge on any atom is 0.0543 e. The van der Waals surface area contributed by atoms with E-state index in [2.05, 4.69) is 42.8 Å². The lowest BCUT2D eigenvalue weighted by molar-refractivity contribution is 0.113. The number of pyridine rings is 1. The Morgan fingerprint density at radius 2 is 2.20 bits per heavy atom. The van der Waals surface area contributed by atoms with Crippen LogP contribution in [0.3, 0.4) is 0 Å². The van der Waals surface area contributed by atoms with Gasteiger partial charge < -0.3 is 5.73 Å². The van der Waals surface area contributed by atoms with Crippen molar-refractivity contribution in [2.24, 2.45) is 17.1 Å². The Hall–Kier alpha value is -0.930. The van der Waals surface area contributed by atoms with Crippen LogP contribution in [0.25, 0.3) is 0 Å². The summed E-state index contributed by atoms with van der Waals surface area (Å²) in [6.07, 6.45) is 5.54. The van der Waals surface area contributed by atoms with Crippen molar-refractivity contribution in [2.75, 3.05) is 13.1 Å². The van der Waals surface area contributed by atoms with Crippen molar-refractivity contribution in [1.29, 1.82) is 0 Å². The van der Waals surface area contributed by atoms with Crippen LogP contribution in [-0.4, -0.2) is 29.0 Å². The van der Waals surface area contributed by atoms with Crippen LogP contribution >= 0.6 is 0 Å². The van der Waals surface area contributed by atoms with Gasteiger partial charge in [-0.3, -0.25) is 9.88 Å². The zero-order valence-corrected chi connectivity index (χ0v) is 13.2. The van der Waals surface area contributed by atoms with Gasteiger partial charge in [0.25, 0.3) is 0 Å². The van der Waals surface area contributed by atoms with E-state index in [-0.39, 0.29) is 0 Å². The Morgan fingerprint density at radius 1 is 1.40 bits per heavy atom. The summed E-state index contributed by atoms with van der Waals surface area (Å²) < 4.78 is 0. The summed E-state index contributed by atoms with van der Waals surface area (Å²) in [7, 11) is 0. The van der Waals surface area contributed by atoms with E-state index in [4.69, 9.17) is 5.73 Å². The smallest absolute Gasteiger partial charge is 0.0543 e. The average molecular weight is 275 g/mol. The molecule has 0 amide bonds. The van der Waals surface area contributed by atoms with Gasteiger partial charge >= 0.3 is 0 Å². The highest BCUT2D eigenvalue weighted by atomic mass is 15.1. The molecule has 1 aromatic heterocycles. The molecular formula is C17H29N3. The highest BCUT2D eigenvalue weighted by Crippen LogP contribution is 2.38. The summed E-state index contributed by atoms with van der Waals surface area (Å²) in [4.78, 5) is 6.91. The fourth-order valence-electron chi connectivity index (χ4n) is 3.31. The molecule has 3 nitrogen and oxygen atoms in total. The van der Waals surface area contributed by atoms with Crippen molar-refractivity contribution >= 4 is 0 Å². The highest BCUT2D eigenvalue weighted by Gasteiger charge is 2.33. The fraction of sp³-hybridized carbons (Fsp3) is 0.706. The largest absolute Gasteiger partial charge is 0.327 e. The van der Waals surface area contributed by atoms with E-state index in [0.29, 0.717) is 17.4 Å². The van der Waals surface area contributed by atoms with Gasteiger partial charge in [0.1, 0.15) is 0 Å². The minimum absolute atomic E-state index is 0.362. The minimum atomic E-state index is 0.362. The molecule has 2 N–H and O–H groups in total. The second kappa shape index (κ2) is 6.68. The number of nitrogens with zero attached hydrogens (tertiary/aromatic N) is 2. The molecule has 2 unspecified atom stereocenters. The summed E-state index contributed by atoms with van der Waals surface area (Å²) in [5, 5.41) is 0. The first kappa shape index (κ1) is 15.5. The summed E-state index contributed by atoms with van der Waals surface area (Å²) in [5.74, 6) is 0.613. The normalized spacial score (nSPS) is 25.9. The molecule has 1 saturated carbocycles. The van der Waals surface area contributed by atoms with Crippen molar-refractivity contribution in [1.82, 2.24) is 9.88 Å². The molecular weight excluding hydrogens is 246 g/mol. The Labute approximate surface area is 123 Å². The van der Waals surface area contributed by atoms with Crippen molar-refractivity contribution < 1.29 is 0 Å².